The molecule has 7 heteroatoms. The SMILES string of the molecule is CC(C)(C)[C@@H](CO)NC(=O)c1nn(-c2ccc[n+]([O-])c2)c2c1C[C@H]1C[C@@H]21. The molecular weight excluding hydrogens is 332 g/mol. The van der Waals surface area contributed by atoms with Gasteiger partial charge in [0.2, 0.25) is 6.20 Å². The van der Waals surface area contributed by atoms with Gasteiger partial charge in [-0.25, -0.2) is 4.68 Å². The van der Waals surface area contributed by atoms with Crippen LogP contribution < -0.4 is 10.0 Å². The third kappa shape index (κ3) is 2.76. The minimum Gasteiger partial charge on any atom is -0.619 e. The summed E-state index contributed by atoms with van der Waals surface area (Å²) in [6, 6.07) is 3.15. The van der Waals surface area contributed by atoms with Crippen LogP contribution in [0.15, 0.2) is 24.5 Å². The van der Waals surface area contributed by atoms with Crippen molar-refractivity contribution in [1.29, 1.82) is 0 Å². The predicted octanol–water partition coefficient (Wildman–Crippen LogP) is 1.30. The van der Waals surface area contributed by atoms with E-state index in [0.29, 0.717) is 23.2 Å². The van der Waals surface area contributed by atoms with Gasteiger partial charge in [-0.15, -0.1) is 0 Å². The van der Waals surface area contributed by atoms with Gasteiger partial charge in [-0.2, -0.15) is 9.83 Å². The number of carbonyl (C=O) groups excluding carboxylic acids is 1. The molecule has 0 radical (unpaired) electrons. The molecule has 0 saturated heterocycles. The summed E-state index contributed by atoms with van der Waals surface area (Å²) in [6.45, 7) is 5.80. The van der Waals surface area contributed by atoms with Gasteiger partial charge in [-0.1, -0.05) is 20.8 Å². The van der Waals surface area contributed by atoms with E-state index in [1.807, 2.05) is 26.8 Å². The van der Waals surface area contributed by atoms with Crippen molar-refractivity contribution < 1.29 is 14.6 Å². The Morgan fingerprint density at radius 2 is 2.31 bits per heavy atom. The number of aliphatic hydroxyl groups excluding tert-OH is 1. The molecule has 2 N–H and O–H groups in total. The number of amides is 1. The van der Waals surface area contributed by atoms with Crippen molar-refractivity contribution in [3.63, 3.8) is 0 Å². The molecule has 2 aromatic rings. The van der Waals surface area contributed by atoms with E-state index < -0.39 is 0 Å². The molecule has 0 unspecified atom stereocenters. The van der Waals surface area contributed by atoms with Crippen LogP contribution >= 0.6 is 0 Å². The van der Waals surface area contributed by atoms with Crippen LogP contribution in [0.2, 0.25) is 0 Å². The van der Waals surface area contributed by atoms with Gasteiger partial charge in [0.05, 0.1) is 18.3 Å². The normalized spacial score (nSPS) is 21.8. The molecule has 7 nitrogen and oxygen atoms in total. The number of aromatic nitrogens is 3. The highest BCUT2D eigenvalue weighted by Crippen LogP contribution is 2.57. The Bertz CT molecular complexity index is 868. The van der Waals surface area contributed by atoms with Gasteiger partial charge in [-0.05, 0) is 30.2 Å². The number of rotatable bonds is 4. The summed E-state index contributed by atoms with van der Waals surface area (Å²) in [5.74, 6) is 0.747. The fraction of sp³-hybridized carbons (Fsp3) is 0.526. The monoisotopic (exact) mass is 356 g/mol. The molecule has 1 amide bonds. The maximum Gasteiger partial charge on any atom is 0.272 e. The van der Waals surface area contributed by atoms with Crippen molar-refractivity contribution in [3.05, 3.63) is 46.7 Å². The Kier molecular flexibility index (Phi) is 3.80. The number of carbonyl (C=O) groups is 1. The summed E-state index contributed by atoms with van der Waals surface area (Å²) in [7, 11) is 0. The van der Waals surface area contributed by atoms with Crippen LogP contribution in [-0.2, 0) is 6.42 Å². The number of aliphatic hydroxyl groups is 1. The van der Waals surface area contributed by atoms with Gasteiger partial charge in [0.25, 0.3) is 5.91 Å². The fourth-order valence-electron chi connectivity index (χ4n) is 3.83. The van der Waals surface area contributed by atoms with E-state index in [1.165, 1.54) is 12.4 Å². The average molecular weight is 356 g/mol. The molecule has 1 saturated carbocycles. The standard InChI is InChI=1S/C19H24N4O3/c1-19(2,3)15(10-24)20-18(25)16-14-8-11-7-13(11)17(14)23(21-16)12-5-4-6-22(26)9-12/h4-6,9,11,13,15,24H,7-8,10H2,1-3H3,(H,20,25)/t11-,13-,15-/m1/s1. The minimum absolute atomic E-state index is 0.127. The number of hydrogen-bond donors (Lipinski definition) is 2. The fourth-order valence-corrected chi connectivity index (χ4v) is 3.83. The van der Waals surface area contributed by atoms with E-state index in [2.05, 4.69) is 10.4 Å². The van der Waals surface area contributed by atoms with Gasteiger partial charge in [-0.3, -0.25) is 4.79 Å². The van der Waals surface area contributed by atoms with E-state index in [-0.39, 0.29) is 24.0 Å². The molecule has 4 rings (SSSR count). The quantitative estimate of drug-likeness (QED) is 0.638. The minimum atomic E-state index is -0.354. The summed E-state index contributed by atoms with van der Waals surface area (Å²) in [5.41, 5.74) is 2.86. The van der Waals surface area contributed by atoms with Gasteiger partial charge in [0.1, 0.15) is 5.69 Å². The van der Waals surface area contributed by atoms with Crippen LogP contribution in [0.3, 0.4) is 0 Å². The Morgan fingerprint density at radius 1 is 1.54 bits per heavy atom. The molecule has 1 fully saturated rings. The van der Waals surface area contributed by atoms with Gasteiger partial charge in [0, 0.05) is 17.5 Å². The molecule has 138 valence electrons. The van der Waals surface area contributed by atoms with Crippen LogP contribution in [0.1, 0.15) is 54.9 Å². The third-order valence-electron chi connectivity index (χ3n) is 5.52. The summed E-state index contributed by atoms with van der Waals surface area (Å²) in [4.78, 5) is 12.9. The van der Waals surface area contributed by atoms with E-state index in [9.17, 15) is 15.1 Å². The Labute approximate surface area is 152 Å². The average Bonchev–Trinajstić information content (AvgIpc) is 3.07. The first-order chi connectivity index (χ1) is 12.3. The molecule has 2 aromatic heterocycles. The molecule has 0 spiro atoms. The second-order valence-corrected chi connectivity index (χ2v) is 8.43. The van der Waals surface area contributed by atoms with Crippen LogP contribution in [0.5, 0.6) is 0 Å². The smallest absolute Gasteiger partial charge is 0.272 e. The van der Waals surface area contributed by atoms with Crippen molar-refractivity contribution in [2.24, 2.45) is 11.3 Å². The lowest BCUT2D eigenvalue weighted by molar-refractivity contribution is -0.605. The van der Waals surface area contributed by atoms with Gasteiger partial charge >= 0.3 is 0 Å². The van der Waals surface area contributed by atoms with Crippen molar-refractivity contribution in [2.75, 3.05) is 6.61 Å². The molecule has 2 aliphatic rings. The van der Waals surface area contributed by atoms with Gasteiger partial charge in [0.15, 0.2) is 11.9 Å². The van der Waals surface area contributed by atoms with E-state index in [4.69, 9.17) is 0 Å². The summed E-state index contributed by atoms with van der Waals surface area (Å²) in [5, 5.41) is 28.8. The first-order valence-corrected chi connectivity index (χ1v) is 9.02. The van der Waals surface area contributed by atoms with Crippen molar-refractivity contribution >= 4 is 5.91 Å². The van der Waals surface area contributed by atoms with Crippen molar-refractivity contribution in [3.8, 4) is 5.69 Å². The first-order valence-electron chi connectivity index (χ1n) is 9.02. The summed E-state index contributed by atoms with van der Waals surface area (Å²) < 4.78 is 2.49. The first kappa shape index (κ1) is 17.0. The van der Waals surface area contributed by atoms with Crippen molar-refractivity contribution in [2.45, 2.75) is 45.6 Å². The zero-order chi connectivity index (χ0) is 18.6. The van der Waals surface area contributed by atoms with Crippen LogP contribution in [0.4, 0.5) is 0 Å². The lowest BCUT2D eigenvalue weighted by Gasteiger charge is -2.29. The van der Waals surface area contributed by atoms with Crippen LogP contribution in [-0.4, -0.2) is 33.4 Å². The zero-order valence-electron chi connectivity index (χ0n) is 15.3. The second-order valence-electron chi connectivity index (χ2n) is 8.43. The molecule has 3 atom stereocenters. The largest absolute Gasteiger partial charge is 0.619 e. The lowest BCUT2D eigenvalue weighted by Crippen LogP contribution is -2.46. The lowest BCUT2D eigenvalue weighted by atomic mass is 9.87. The summed E-state index contributed by atoms with van der Waals surface area (Å²) >= 11 is 0. The third-order valence-corrected chi connectivity index (χ3v) is 5.52. The molecule has 2 aliphatic carbocycles. The number of pyridine rings is 1. The Morgan fingerprint density at radius 3 is 2.96 bits per heavy atom. The number of nitrogens with one attached hydrogen (secondary N) is 1. The highest BCUT2D eigenvalue weighted by molar-refractivity contribution is 5.94. The molecular formula is C19H24N4O3. The summed E-state index contributed by atoms with van der Waals surface area (Å²) in [6.07, 6.45) is 4.86. The number of nitrogens with zero attached hydrogens (tertiary/aromatic N) is 3. The van der Waals surface area contributed by atoms with E-state index in [1.54, 1.807) is 10.7 Å². The highest BCUT2D eigenvalue weighted by Gasteiger charge is 2.50. The molecule has 0 aromatic carbocycles. The van der Waals surface area contributed by atoms with E-state index >= 15 is 0 Å². The molecule has 0 bridgehead atoms. The number of fused-ring (bicyclic) bond motifs is 3. The second kappa shape index (κ2) is 5.81. The van der Waals surface area contributed by atoms with Crippen LogP contribution in [0, 0.1) is 16.5 Å². The molecule has 2 heterocycles. The predicted molar refractivity (Wildman–Crippen MR) is 94.9 cm³/mol. The Hall–Kier alpha value is -2.41. The highest BCUT2D eigenvalue weighted by atomic mass is 16.5. The zero-order valence-corrected chi connectivity index (χ0v) is 15.3. The van der Waals surface area contributed by atoms with Crippen LogP contribution in [0.25, 0.3) is 5.69 Å². The number of hydrogen-bond acceptors (Lipinski definition) is 4. The van der Waals surface area contributed by atoms with Gasteiger partial charge < -0.3 is 15.6 Å². The maximum absolute atomic E-state index is 12.9. The molecule has 26 heavy (non-hydrogen) atoms. The van der Waals surface area contributed by atoms with Crippen molar-refractivity contribution in [1.82, 2.24) is 15.1 Å². The Balaban J connectivity index is 1.71. The van der Waals surface area contributed by atoms with E-state index in [0.717, 1.165) is 28.8 Å². The molecule has 0 aliphatic heterocycles. The maximum atomic E-state index is 12.9. The topological polar surface area (TPSA) is 94.1 Å².